The van der Waals surface area contributed by atoms with E-state index in [4.69, 9.17) is 0 Å². The van der Waals surface area contributed by atoms with Crippen molar-refractivity contribution in [2.45, 2.75) is 30.6 Å². The van der Waals surface area contributed by atoms with E-state index < -0.39 is 24.0 Å². The molecule has 0 saturated heterocycles. The summed E-state index contributed by atoms with van der Waals surface area (Å²) in [4.78, 5) is 60.7. The summed E-state index contributed by atoms with van der Waals surface area (Å²) < 4.78 is 4.51. The molecule has 2 aromatic heterocycles. The zero-order chi connectivity index (χ0) is 21.8. The third kappa shape index (κ3) is 8.48. The van der Waals surface area contributed by atoms with Crippen LogP contribution in [0.2, 0.25) is 0 Å². The number of hydrogen-bond acceptors (Lipinski definition) is 11. The van der Waals surface area contributed by atoms with Gasteiger partial charge in [0.25, 0.3) is 0 Å². The Hall–Kier alpha value is -2.66. The van der Waals surface area contributed by atoms with Gasteiger partial charge in [0.05, 0.1) is 13.0 Å². The number of ether oxygens (including phenoxy) is 1. The van der Waals surface area contributed by atoms with Crippen molar-refractivity contribution in [3.05, 3.63) is 35.9 Å². The van der Waals surface area contributed by atoms with Gasteiger partial charge in [0.2, 0.25) is 5.78 Å². The molecule has 0 aliphatic heterocycles. The minimum atomic E-state index is -0.995. The molecule has 0 bridgehead atoms. The molecule has 154 valence electrons. The molecule has 0 fully saturated rings. The van der Waals surface area contributed by atoms with E-state index in [-0.39, 0.29) is 18.1 Å². The number of hydrogen-bond donors (Lipinski definition) is 0. The fourth-order valence-electron chi connectivity index (χ4n) is 1.75. The minimum Gasteiger partial charge on any atom is -0.460 e. The van der Waals surface area contributed by atoms with Crippen molar-refractivity contribution in [2.75, 3.05) is 19.1 Å². The van der Waals surface area contributed by atoms with Gasteiger partial charge in [-0.3, -0.25) is 14.4 Å². The fraction of sp³-hybridized carbons (Fsp3) is 0.333. The SMILES string of the molecule is CCOC(=O)C(=O)CC(=O)c1ccnc(SC)n1.CSc1nccc(C(C)=O)n1. The van der Waals surface area contributed by atoms with Crippen LogP contribution in [-0.2, 0) is 14.3 Å². The van der Waals surface area contributed by atoms with Gasteiger partial charge in [-0.05, 0) is 31.6 Å². The predicted molar refractivity (Wildman–Crippen MR) is 108 cm³/mol. The predicted octanol–water partition coefficient (Wildman–Crippen LogP) is 2.30. The molecular formula is C18H20N4O5S2. The van der Waals surface area contributed by atoms with Gasteiger partial charge in [-0.2, -0.15) is 0 Å². The Morgan fingerprint density at radius 1 is 0.931 bits per heavy atom. The van der Waals surface area contributed by atoms with Crippen molar-refractivity contribution >= 4 is 46.8 Å². The van der Waals surface area contributed by atoms with Gasteiger partial charge in [-0.1, -0.05) is 23.5 Å². The molecule has 9 nitrogen and oxygen atoms in total. The summed E-state index contributed by atoms with van der Waals surface area (Å²) in [6.07, 6.45) is 6.13. The fourth-order valence-corrected chi connectivity index (χ4v) is 2.46. The highest BCUT2D eigenvalue weighted by Gasteiger charge is 2.20. The average Bonchev–Trinajstić information content (AvgIpc) is 2.74. The molecule has 0 aromatic carbocycles. The van der Waals surface area contributed by atoms with E-state index in [0.717, 1.165) is 0 Å². The Morgan fingerprint density at radius 2 is 1.45 bits per heavy atom. The van der Waals surface area contributed by atoms with E-state index in [1.807, 2.05) is 6.26 Å². The number of carbonyl (C=O) groups excluding carboxylic acids is 4. The van der Waals surface area contributed by atoms with Gasteiger partial charge in [0.1, 0.15) is 11.4 Å². The summed E-state index contributed by atoms with van der Waals surface area (Å²) in [5, 5.41) is 1.07. The molecule has 0 spiro atoms. The Bertz CT molecular complexity index is 892. The van der Waals surface area contributed by atoms with Crippen molar-refractivity contribution in [2.24, 2.45) is 0 Å². The lowest BCUT2D eigenvalue weighted by atomic mass is 10.1. The summed E-state index contributed by atoms with van der Waals surface area (Å²) in [5.41, 5.74) is 0.594. The standard InChI is InChI=1S/C11H12N2O4S.C7H8N2OS/c1-3-17-10(16)9(15)6-8(14)7-4-5-12-11(13-7)18-2;1-5(10)6-3-4-8-7(9-6)11-2/h4-5H,3,6H2,1-2H3;3-4H,1-2H3. The maximum atomic E-state index is 11.7. The number of rotatable bonds is 8. The number of esters is 1. The summed E-state index contributed by atoms with van der Waals surface area (Å²) in [7, 11) is 0. The second-order valence-electron chi connectivity index (χ2n) is 5.16. The van der Waals surface area contributed by atoms with Gasteiger partial charge in [-0.25, -0.2) is 24.7 Å². The molecule has 11 heteroatoms. The molecule has 2 aromatic rings. The first-order chi connectivity index (χ1) is 13.8. The van der Waals surface area contributed by atoms with Crippen molar-refractivity contribution in [1.29, 1.82) is 0 Å². The lowest BCUT2D eigenvalue weighted by Crippen LogP contribution is -2.21. The maximum absolute atomic E-state index is 11.7. The Morgan fingerprint density at radius 3 is 1.93 bits per heavy atom. The Labute approximate surface area is 176 Å². The zero-order valence-corrected chi connectivity index (χ0v) is 18.0. The Kier molecular flexibility index (Phi) is 10.7. The quantitative estimate of drug-likeness (QED) is 0.151. The molecule has 0 aliphatic rings. The second-order valence-corrected chi connectivity index (χ2v) is 6.70. The number of aromatic nitrogens is 4. The smallest absolute Gasteiger partial charge is 0.375 e. The Balaban J connectivity index is 0.000000326. The number of thioether (sulfide) groups is 2. The zero-order valence-electron chi connectivity index (χ0n) is 16.4. The van der Waals surface area contributed by atoms with Crippen LogP contribution in [0.25, 0.3) is 0 Å². The number of ketones is 3. The van der Waals surface area contributed by atoms with E-state index in [9.17, 15) is 19.2 Å². The normalized spacial score (nSPS) is 9.79. The molecule has 29 heavy (non-hydrogen) atoms. The summed E-state index contributed by atoms with van der Waals surface area (Å²) in [6, 6.07) is 3.02. The molecule has 0 N–H and O–H groups in total. The van der Waals surface area contributed by atoms with Gasteiger partial charge in [0.15, 0.2) is 21.9 Å². The van der Waals surface area contributed by atoms with Gasteiger partial charge in [0, 0.05) is 19.3 Å². The van der Waals surface area contributed by atoms with E-state index in [1.54, 1.807) is 25.4 Å². The van der Waals surface area contributed by atoms with Crippen LogP contribution >= 0.6 is 23.5 Å². The van der Waals surface area contributed by atoms with Crippen LogP contribution in [-0.4, -0.2) is 62.4 Å². The van der Waals surface area contributed by atoms with Crippen molar-refractivity contribution in [1.82, 2.24) is 19.9 Å². The van der Waals surface area contributed by atoms with Crippen LogP contribution in [0.5, 0.6) is 0 Å². The molecule has 0 amide bonds. The highest BCUT2D eigenvalue weighted by Crippen LogP contribution is 2.09. The van der Waals surface area contributed by atoms with Crippen molar-refractivity contribution in [3.63, 3.8) is 0 Å². The van der Waals surface area contributed by atoms with Crippen LogP contribution in [0.4, 0.5) is 0 Å². The van der Waals surface area contributed by atoms with E-state index in [1.165, 1.54) is 42.7 Å². The topological polar surface area (TPSA) is 129 Å². The number of Topliss-reactive ketones (excluding diaryl/α,β-unsaturated/α-hetero) is 3. The highest BCUT2D eigenvalue weighted by atomic mass is 32.2. The average molecular weight is 437 g/mol. The molecule has 2 heterocycles. The highest BCUT2D eigenvalue weighted by molar-refractivity contribution is 7.98. The van der Waals surface area contributed by atoms with Gasteiger partial charge in [-0.15, -0.1) is 0 Å². The lowest BCUT2D eigenvalue weighted by Gasteiger charge is -2.01. The van der Waals surface area contributed by atoms with Crippen molar-refractivity contribution < 1.29 is 23.9 Å². The summed E-state index contributed by atoms with van der Waals surface area (Å²) in [6.45, 7) is 3.18. The van der Waals surface area contributed by atoms with Crippen LogP contribution < -0.4 is 0 Å². The molecule has 0 aliphatic carbocycles. The molecule has 2 rings (SSSR count). The molecule has 0 atom stereocenters. The molecule has 0 unspecified atom stereocenters. The first kappa shape index (κ1) is 24.4. The first-order valence-corrected chi connectivity index (χ1v) is 10.7. The first-order valence-electron chi connectivity index (χ1n) is 8.30. The van der Waals surface area contributed by atoms with Crippen molar-refractivity contribution in [3.8, 4) is 0 Å². The third-order valence-electron chi connectivity index (χ3n) is 3.10. The maximum Gasteiger partial charge on any atom is 0.375 e. The summed E-state index contributed by atoms with van der Waals surface area (Å²) in [5.74, 6) is -2.41. The minimum absolute atomic E-state index is 0.0253. The number of nitrogens with zero attached hydrogens (tertiary/aromatic N) is 4. The van der Waals surface area contributed by atoms with Crippen LogP contribution in [0.15, 0.2) is 34.8 Å². The lowest BCUT2D eigenvalue weighted by molar-refractivity contribution is -0.153. The number of carbonyl (C=O) groups is 4. The van der Waals surface area contributed by atoms with Crippen LogP contribution in [0, 0.1) is 0 Å². The molecule has 0 saturated carbocycles. The second kappa shape index (κ2) is 12.7. The molecular weight excluding hydrogens is 416 g/mol. The largest absolute Gasteiger partial charge is 0.460 e. The van der Waals surface area contributed by atoms with Crippen LogP contribution in [0.1, 0.15) is 41.2 Å². The third-order valence-corrected chi connectivity index (χ3v) is 4.23. The summed E-state index contributed by atoms with van der Waals surface area (Å²) >= 11 is 2.71. The van der Waals surface area contributed by atoms with Crippen LogP contribution in [0.3, 0.4) is 0 Å². The van der Waals surface area contributed by atoms with Gasteiger partial charge < -0.3 is 4.74 Å². The molecule has 0 radical (unpaired) electrons. The van der Waals surface area contributed by atoms with E-state index in [0.29, 0.717) is 16.0 Å². The van der Waals surface area contributed by atoms with E-state index >= 15 is 0 Å². The van der Waals surface area contributed by atoms with E-state index in [2.05, 4.69) is 24.7 Å². The van der Waals surface area contributed by atoms with Gasteiger partial charge >= 0.3 is 5.97 Å². The monoisotopic (exact) mass is 436 g/mol.